The van der Waals surface area contributed by atoms with E-state index in [2.05, 4.69) is 4.98 Å². The van der Waals surface area contributed by atoms with Gasteiger partial charge in [-0.1, -0.05) is 36.4 Å². The number of para-hydroxylation sites is 2. The van der Waals surface area contributed by atoms with E-state index in [1.807, 2.05) is 55.5 Å². The van der Waals surface area contributed by atoms with Crippen LogP contribution < -0.4 is 4.90 Å². The number of hydrogen-bond acceptors (Lipinski definition) is 5. The van der Waals surface area contributed by atoms with E-state index in [1.54, 1.807) is 19.1 Å². The molecule has 2 aromatic carbocycles. The van der Waals surface area contributed by atoms with Gasteiger partial charge in [0, 0.05) is 17.6 Å². The standard InChI is InChI=1S/C23H21N3O3/c1-16-19-11-6-7-12-20(19)25-17(2)22(16)23(28)29-15-21(27)26(14-8-13-24)18-9-4-3-5-10-18/h3-7,9-12H,8,14-15H2,1-2H3. The Hall–Kier alpha value is -3.72. The van der Waals surface area contributed by atoms with Gasteiger partial charge in [-0.2, -0.15) is 5.26 Å². The molecular weight excluding hydrogens is 366 g/mol. The number of fused-ring (bicyclic) bond motifs is 1. The molecule has 1 aromatic heterocycles. The van der Waals surface area contributed by atoms with Crippen molar-refractivity contribution in [3.63, 3.8) is 0 Å². The molecular formula is C23H21N3O3. The van der Waals surface area contributed by atoms with Crippen LogP contribution in [0.2, 0.25) is 0 Å². The number of amides is 1. The second-order valence-corrected chi connectivity index (χ2v) is 6.58. The van der Waals surface area contributed by atoms with Crippen LogP contribution in [0.25, 0.3) is 10.9 Å². The Bertz CT molecular complexity index is 1090. The van der Waals surface area contributed by atoms with E-state index >= 15 is 0 Å². The van der Waals surface area contributed by atoms with Crippen molar-refractivity contribution in [3.8, 4) is 6.07 Å². The van der Waals surface area contributed by atoms with E-state index in [0.29, 0.717) is 16.9 Å². The lowest BCUT2D eigenvalue weighted by molar-refractivity contribution is -0.121. The highest BCUT2D eigenvalue weighted by Crippen LogP contribution is 2.23. The quantitative estimate of drug-likeness (QED) is 0.598. The van der Waals surface area contributed by atoms with Crippen LogP contribution in [-0.2, 0) is 9.53 Å². The number of benzene rings is 2. The smallest absolute Gasteiger partial charge is 0.340 e. The summed E-state index contributed by atoms with van der Waals surface area (Å²) in [7, 11) is 0. The number of aryl methyl sites for hydroxylation is 2. The first-order chi connectivity index (χ1) is 14.0. The maximum absolute atomic E-state index is 12.7. The summed E-state index contributed by atoms with van der Waals surface area (Å²) in [5.41, 5.74) is 3.17. The van der Waals surface area contributed by atoms with Crippen LogP contribution in [0.5, 0.6) is 0 Å². The number of pyridine rings is 1. The Morgan fingerprint density at radius 3 is 2.48 bits per heavy atom. The normalized spacial score (nSPS) is 10.4. The number of aromatic nitrogens is 1. The van der Waals surface area contributed by atoms with Crippen molar-refractivity contribution < 1.29 is 14.3 Å². The Balaban J connectivity index is 1.78. The highest BCUT2D eigenvalue weighted by Gasteiger charge is 2.21. The maximum Gasteiger partial charge on any atom is 0.340 e. The van der Waals surface area contributed by atoms with Crippen molar-refractivity contribution in [1.29, 1.82) is 5.26 Å². The summed E-state index contributed by atoms with van der Waals surface area (Å²) in [4.78, 5) is 31.3. The van der Waals surface area contributed by atoms with Crippen LogP contribution in [0, 0.1) is 25.2 Å². The molecule has 0 bridgehead atoms. The van der Waals surface area contributed by atoms with Crippen LogP contribution in [-0.4, -0.2) is 30.0 Å². The Morgan fingerprint density at radius 1 is 1.07 bits per heavy atom. The summed E-state index contributed by atoms with van der Waals surface area (Å²) in [6.07, 6.45) is 0.182. The van der Waals surface area contributed by atoms with Crippen LogP contribution in [0.1, 0.15) is 28.0 Å². The van der Waals surface area contributed by atoms with Crippen LogP contribution in [0.15, 0.2) is 54.6 Å². The minimum atomic E-state index is -0.583. The van der Waals surface area contributed by atoms with Crippen LogP contribution in [0.4, 0.5) is 5.69 Å². The minimum Gasteiger partial charge on any atom is -0.452 e. The number of nitriles is 1. The first kappa shape index (κ1) is 20.0. The molecule has 0 radical (unpaired) electrons. The number of carbonyl (C=O) groups is 2. The van der Waals surface area contributed by atoms with E-state index in [1.165, 1.54) is 4.90 Å². The lowest BCUT2D eigenvalue weighted by Crippen LogP contribution is -2.35. The number of nitrogens with zero attached hydrogens (tertiary/aromatic N) is 3. The zero-order valence-electron chi connectivity index (χ0n) is 16.4. The molecule has 0 aliphatic carbocycles. The van der Waals surface area contributed by atoms with Gasteiger partial charge in [0.25, 0.3) is 5.91 Å². The van der Waals surface area contributed by atoms with E-state index in [4.69, 9.17) is 10.00 Å². The highest BCUT2D eigenvalue weighted by molar-refractivity contribution is 6.00. The Morgan fingerprint density at radius 2 is 1.76 bits per heavy atom. The van der Waals surface area contributed by atoms with Gasteiger partial charge in [-0.25, -0.2) is 4.79 Å². The number of ether oxygens (including phenoxy) is 1. The van der Waals surface area contributed by atoms with E-state index < -0.39 is 12.6 Å². The average molecular weight is 387 g/mol. The molecule has 0 N–H and O–H groups in total. The molecule has 1 heterocycles. The van der Waals surface area contributed by atoms with Gasteiger partial charge in [0.05, 0.1) is 29.3 Å². The topological polar surface area (TPSA) is 83.3 Å². The van der Waals surface area contributed by atoms with E-state index in [9.17, 15) is 9.59 Å². The molecule has 0 aliphatic heterocycles. The van der Waals surface area contributed by atoms with Gasteiger partial charge in [0.2, 0.25) is 0 Å². The average Bonchev–Trinajstić information content (AvgIpc) is 2.73. The first-order valence-corrected chi connectivity index (χ1v) is 9.28. The molecule has 1 amide bonds. The third kappa shape index (κ3) is 4.41. The molecule has 3 rings (SSSR count). The molecule has 29 heavy (non-hydrogen) atoms. The largest absolute Gasteiger partial charge is 0.452 e. The predicted octanol–water partition coefficient (Wildman–Crippen LogP) is 3.96. The molecule has 0 saturated carbocycles. The SMILES string of the molecule is Cc1nc2ccccc2c(C)c1C(=O)OCC(=O)N(CCC#N)c1ccccc1. The molecule has 0 aliphatic rings. The van der Waals surface area contributed by atoms with Gasteiger partial charge >= 0.3 is 5.97 Å². The zero-order chi connectivity index (χ0) is 20.8. The first-order valence-electron chi connectivity index (χ1n) is 9.28. The van der Waals surface area contributed by atoms with Gasteiger partial charge in [-0.15, -0.1) is 0 Å². The predicted molar refractivity (Wildman–Crippen MR) is 111 cm³/mol. The fourth-order valence-electron chi connectivity index (χ4n) is 3.28. The summed E-state index contributed by atoms with van der Waals surface area (Å²) in [5.74, 6) is -0.969. The maximum atomic E-state index is 12.7. The zero-order valence-corrected chi connectivity index (χ0v) is 16.4. The highest BCUT2D eigenvalue weighted by atomic mass is 16.5. The fourth-order valence-corrected chi connectivity index (χ4v) is 3.28. The summed E-state index contributed by atoms with van der Waals surface area (Å²) < 4.78 is 5.33. The minimum absolute atomic E-state index is 0.182. The molecule has 0 fully saturated rings. The lowest BCUT2D eigenvalue weighted by Gasteiger charge is -2.21. The summed E-state index contributed by atoms with van der Waals surface area (Å²) in [6.45, 7) is 3.41. The van der Waals surface area contributed by atoms with Crippen LogP contribution >= 0.6 is 0 Å². The van der Waals surface area contributed by atoms with Gasteiger partial charge < -0.3 is 9.64 Å². The van der Waals surface area contributed by atoms with Crippen molar-refractivity contribution in [3.05, 3.63) is 71.4 Å². The number of esters is 1. The van der Waals surface area contributed by atoms with Gasteiger partial charge in [-0.05, 0) is 37.6 Å². The monoisotopic (exact) mass is 387 g/mol. The molecule has 6 heteroatoms. The van der Waals surface area contributed by atoms with Gasteiger partial charge in [0.1, 0.15) is 0 Å². The lowest BCUT2D eigenvalue weighted by atomic mass is 10.0. The summed E-state index contributed by atoms with van der Waals surface area (Å²) in [5, 5.41) is 9.75. The second kappa shape index (κ2) is 8.98. The van der Waals surface area contributed by atoms with Gasteiger partial charge in [0.15, 0.2) is 6.61 Å². The number of carbonyl (C=O) groups excluding carboxylic acids is 2. The third-order valence-electron chi connectivity index (χ3n) is 4.68. The van der Waals surface area contributed by atoms with Gasteiger partial charge in [-0.3, -0.25) is 9.78 Å². The molecule has 6 nitrogen and oxygen atoms in total. The number of hydrogen-bond donors (Lipinski definition) is 0. The van der Waals surface area contributed by atoms with Crippen LogP contribution in [0.3, 0.4) is 0 Å². The molecule has 146 valence electrons. The molecule has 0 saturated heterocycles. The third-order valence-corrected chi connectivity index (χ3v) is 4.68. The van der Waals surface area contributed by atoms with E-state index in [0.717, 1.165) is 16.5 Å². The Labute approximate surface area is 169 Å². The second-order valence-electron chi connectivity index (χ2n) is 6.58. The Kier molecular flexibility index (Phi) is 6.20. The number of rotatable bonds is 6. The van der Waals surface area contributed by atoms with Crippen molar-refractivity contribution in [2.75, 3.05) is 18.1 Å². The van der Waals surface area contributed by atoms with Crippen molar-refractivity contribution >= 4 is 28.5 Å². The number of anilines is 1. The summed E-state index contributed by atoms with van der Waals surface area (Å²) in [6, 6.07) is 18.6. The molecule has 0 unspecified atom stereocenters. The molecule has 3 aromatic rings. The van der Waals surface area contributed by atoms with E-state index in [-0.39, 0.29) is 18.9 Å². The van der Waals surface area contributed by atoms with Crippen molar-refractivity contribution in [1.82, 2.24) is 4.98 Å². The fraction of sp³-hybridized carbons (Fsp3) is 0.217. The summed E-state index contributed by atoms with van der Waals surface area (Å²) >= 11 is 0. The van der Waals surface area contributed by atoms with Crippen molar-refractivity contribution in [2.24, 2.45) is 0 Å². The molecule has 0 atom stereocenters. The van der Waals surface area contributed by atoms with Crippen molar-refractivity contribution in [2.45, 2.75) is 20.3 Å². The molecule has 0 spiro atoms.